The van der Waals surface area contributed by atoms with Crippen LogP contribution >= 0.6 is 0 Å². The molecule has 0 radical (unpaired) electrons. The second-order valence-electron chi connectivity index (χ2n) is 3.70. The number of nitrogens with zero attached hydrogens (tertiary/aromatic N) is 1. The van der Waals surface area contributed by atoms with Crippen LogP contribution in [0.3, 0.4) is 0 Å². The number of aliphatic hydroxyl groups excluding tert-OH is 1. The summed E-state index contributed by atoms with van der Waals surface area (Å²) >= 11 is 0. The third kappa shape index (κ3) is 3.67. The Morgan fingerprint density at radius 2 is 2.43 bits per heavy atom. The Kier molecular flexibility index (Phi) is 4.95. The van der Waals surface area contributed by atoms with Crippen LogP contribution < -0.4 is 0 Å². The summed E-state index contributed by atoms with van der Waals surface area (Å²) in [6.45, 7) is 4.31. The molecule has 1 rings (SSSR count). The minimum absolute atomic E-state index is 0.0348. The third-order valence-electron chi connectivity index (χ3n) is 2.47. The molecule has 1 saturated heterocycles. The molecule has 0 aromatic rings. The smallest absolute Gasteiger partial charge is 0.0961 e. The van der Waals surface area contributed by atoms with Crippen LogP contribution in [0.2, 0.25) is 0 Å². The van der Waals surface area contributed by atoms with Gasteiger partial charge in [0.2, 0.25) is 0 Å². The Morgan fingerprint density at radius 1 is 1.64 bits per heavy atom. The van der Waals surface area contributed by atoms with Gasteiger partial charge in [0.15, 0.2) is 0 Å². The maximum Gasteiger partial charge on any atom is 0.0961 e. The van der Waals surface area contributed by atoms with E-state index in [4.69, 9.17) is 4.74 Å². The molecule has 3 nitrogen and oxygen atoms in total. The van der Waals surface area contributed by atoms with E-state index in [-0.39, 0.29) is 12.2 Å². The molecule has 0 spiro atoms. The van der Waals surface area contributed by atoms with E-state index in [0.29, 0.717) is 6.42 Å². The molecule has 0 amide bonds. The number of hydrogen-bond donors (Lipinski definition) is 1. The van der Waals surface area contributed by atoms with Gasteiger partial charge in [-0.15, -0.1) is 11.8 Å². The molecule has 1 heterocycles. The van der Waals surface area contributed by atoms with Crippen molar-refractivity contribution < 1.29 is 9.84 Å². The number of aliphatic hydroxyl groups is 1. The number of morpholine rings is 1. The largest absolute Gasteiger partial charge is 0.390 e. The zero-order valence-corrected chi connectivity index (χ0v) is 8.99. The minimum Gasteiger partial charge on any atom is -0.390 e. The van der Waals surface area contributed by atoms with Crippen molar-refractivity contribution in [2.75, 3.05) is 26.7 Å². The van der Waals surface area contributed by atoms with Gasteiger partial charge < -0.3 is 14.7 Å². The summed E-state index contributed by atoms with van der Waals surface area (Å²) in [5.41, 5.74) is 0. The second-order valence-corrected chi connectivity index (χ2v) is 3.70. The van der Waals surface area contributed by atoms with Gasteiger partial charge in [-0.2, -0.15) is 0 Å². The molecule has 1 aliphatic heterocycles. The second kappa shape index (κ2) is 6.02. The first-order valence-electron chi connectivity index (χ1n) is 5.12. The van der Waals surface area contributed by atoms with Crippen molar-refractivity contribution in [3.63, 3.8) is 0 Å². The molecular formula is C11H19NO2. The SMILES string of the molecule is CC#CCCC(O)C1CN(C)CCO1. The van der Waals surface area contributed by atoms with Crippen LogP contribution in [0, 0.1) is 11.8 Å². The van der Waals surface area contributed by atoms with Crippen molar-refractivity contribution in [1.82, 2.24) is 4.90 Å². The van der Waals surface area contributed by atoms with E-state index in [9.17, 15) is 5.11 Å². The van der Waals surface area contributed by atoms with E-state index in [1.54, 1.807) is 0 Å². The van der Waals surface area contributed by atoms with Crippen molar-refractivity contribution in [2.24, 2.45) is 0 Å². The maximum absolute atomic E-state index is 9.80. The predicted octanol–water partition coefficient (Wildman–Crippen LogP) is 0.481. The summed E-state index contributed by atoms with van der Waals surface area (Å²) in [7, 11) is 2.05. The van der Waals surface area contributed by atoms with Crippen molar-refractivity contribution in [2.45, 2.75) is 32.0 Å². The zero-order chi connectivity index (χ0) is 10.4. The molecule has 80 valence electrons. The lowest BCUT2D eigenvalue weighted by molar-refractivity contribution is -0.0844. The summed E-state index contributed by atoms with van der Waals surface area (Å²) in [6, 6.07) is 0. The fourth-order valence-corrected chi connectivity index (χ4v) is 1.57. The highest BCUT2D eigenvalue weighted by atomic mass is 16.5. The summed E-state index contributed by atoms with van der Waals surface area (Å²) in [6.07, 6.45) is 1.05. The molecule has 2 atom stereocenters. The van der Waals surface area contributed by atoms with Crippen molar-refractivity contribution >= 4 is 0 Å². The predicted molar refractivity (Wildman–Crippen MR) is 55.9 cm³/mol. The summed E-state index contributed by atoms with van der Waals surface area (Å²) in [5.74, 6) is 5.77. The fraction of sp³-hybridized carbons (Fsp3) is 0.818. The average Bonchev–Trinajstić information content (AvgIpc) is 2.18. The Labute approximate surface area is 86.0 Å². The van der Waals surface area contributed by atoms with Crippen LogP contribution in [0.5, 0.6) is 0 Å². The van der Waals surface area contributed by atoms with E-state index in [0.717, 1.165) is 26.1 Å². The van der Waals surface area contributed by atoms with Gasteiger partial charge in [-0.25, -0.2) is 0 Å². The molecule has 1 N–H and O–H groups in total. The van der Waals surface area contributed by atoms with Gasteiger partial charge in [0.1, 0.15) is 0 Å². The Bertz CT molecular complexity index is 219. The first-order valence-corrected chi connectivity index (χ1v) is 5.12. The van der Waals surface area contributed by atoms with Gasteiger partial charge in [-0.05, 0) is 20.4 Å². The van der Waals surface area contributed by atoms with Crippen LogP contribution in [0.1, 0.15) is 19.8 Å². The highest BCUT2D eigenvalue weighted by molar-refractivity contribution is 4.95. The Balaban J connectivity index is 2.27. The lowest BCUT2D eigenvalue weighted by atomic mass is 10.1. The third-order valence-corrected chi connectivity index (χ3v) is 2.47. The first kappa shape index (κ1) is 11.5. The molecule has 2 unspecified atom stereocenters. The first-order chi connectivity index (χ1) is 6.74. The molecule has 0 aromatic carbocycles. The van der Waals surface area contributed by atoms with E-state index >= 15 is 0 Å². The lowest BCUT2D eigenvalue weighted by Crippen LogP contribution is -2.45. The minimum atomic E-state index is -0.376. The van der Waals surface area contributed by atoms with E-state index in [1.807, 2.05) is 14.0 Å². The molecule has 1 aliphatic rings. The monoisotopic (exact) mass is 197 g/mol. The van der Waals surface area contributed by atoms with Crippen LogP contribution in [0.25, 0.3) is 0 Å². The average molecular weight is 197 g/mol. The summed E-state index contributed by atoms with van der Waals surface area (Å²) in [5, 5.41) is 9.80. The topological polar surface area (TPSA) is 32.7 Å². The van der Waals surface area contributed by atoms with Crippen LogP contribution in [0.15, 0.2) is 0 Å². The zero-order valence-electron chi connectivity index (χ0n) is 8.99. The van der Waals surface area contributed by atoms with Crippen LogP contribution in [-0.2, 0) is 4.74 Å². The standard InChI is InChI=1S/C11H19NO2/c1-3-4-5-6-10(13)11-9-12(2)7-8-14-11/h10-11,13H,5-9H2,1-2H3. The van der Waals surface area contributed by atoms with E-state index < -0.39 is 0 Å². The molecule has 3 heteroatoms. The number of hydrogen-bond acceptors (Lipinski definition) is 3. The van der Waals surface area contributed by atoms with Gasteiger partial charge in [0.25, 0.3) is 0 Å². The Morgan fingerprint density at radius 3 is 3.07 bits per heavy atom. The molecule has 0 saturated carbocycles. The van der Waals surface area contributed by atoms with Gasteiger partial charge in [-0.3, -0.25) is 0 Å². The van der Waals surface area contributed by atoms with Gasteiger partial charge in [0, 0.05) is 19.5 Å². The van der Waals surface area contributed by atoms with Crippen molar-refractivity contribution in [3.8, 4) is 11.8 Å². The molecule has 14 heavy (non-hydrogen) atoms. The lowest BCUT2D eigenvalue weighted by Gasteiger charge is -2.32. The highest BCUT2D eigenvalue weighted by Crippen LogP contribution is 2.11. The van der Waals surface area contributed by atoms with Gasteiger partial charge in [-0.1, -0.05) is 0 Å². The summed E-state index contributed by atoms with van der Waals surface area (Å²) < 4.78 is 5.50. The van der Waals surface area contributed by atoms with Crippen molar-refractivity contribution in [3.05, 3.63) is 0 Å². The van der Waals surface area contributed by atoms with Gasteiger partial charge >= 0.3 is 0 Å². The molecule has 0 bridgehead atoms. The Hall–Kier alpha value is -0.560. The highest BCUT2D eigenvalue weighted by Gasteiger charge is 2.24. The van der Waals surface area contributed by atoms with Gasteiger partial charge in [0.05, 0.1) is 18.8 Å². The number of ether oxygens (including phenoxy) is 1. The van der Waals surface area contributed by atoms with Crippen molar-refractivity contribution in [1.29, 1.82) is 0 Å². The van der Waals surface area contributed by atoms with E-state index in [2.05, 4.69) is 16.7 Å². The molecule has 0 aromatic heterocycles. The molecule has 1 fully saturated rings. The molecule has 0 aliphatic carbocycles. The van der Waals surface area contributed by atoms with E-state index in [1.165, 1.54) is 0 Å². The summed E-state index contributed by atoms with van der Waals surface area (Å²) in [4.78, 5) is 2.18. The quantitative estimate of drug-likeness (QED) is 0.668. The molecular weight excluding hydrogens is 178 g/mol. The number of likely N-dealkylation sites (N-methyl/N-ethyl adjacent to an activating group) is 1. The maximum atomic E-state index is 9.80. The fourth-order valence-electron chi connectivity index (χ4n) is 1.57. The number of rotatable bonds is 3. The van der Waals surface area contributed by atoms with Crippen LogP contribution in [-0.4, -0.2) is 49.0 Å². The normalized spacial score (nSPS) is 25.2. The van der Waals surface area contributed by atoms with Crippen LogP contribution in [0.4, 0.5) is 0 Å².